The normalized spacial score (nSPS) is 11.0. The van der Waals surface area contributed by atoms with E-state index in [0.717, 1.165) is 10.9 Å². The summed E-state index contributed by atoms with van der Waals surface area (Å²) in [7, 11) is 0. The number of aromatic nitrogens is 2. The first kappa shape index (κ1) is 20.5. The minimum absolute atomic E-state index is 0.111. The maximum absolute atomic E-state index is 12.3. The first-order chi connectivity index (χ1) is 13.9. The van der Waals surface area contributed by atoms with E-state index in [1.54, 1.807) is 18.3 Å². The molecule has 0 saturated heterocycles. The second kappa shape index (κ2) is 9.28. The highest BCUT2D eigenvalue weighted by molar-refractivity contribution is 5.97. The molecule has 3 rings (SSSR count). The lowest BCUT2D eigenvalue weighted by molar-refractivity contribution is -0.121. The highest BCUT2D eigenvalue weighted by Gasteiger charge is 2.10. The van der Waals surface area contributed by atoms with Crippen molar-refractivity contribution in [2.75, 3.05) is 6.54 Å². The second-order valence-corrected chi connectivity index (χ2v) is 7.39. The molecule has 0 fully saturated rings. The first-order valence-corrected chi connectivity index (χ1v) is 9.80. The van der Waals surface area contributed by atoms with Crippen LogP contribution in [0.15, 0.2) is 53.6 Å². The predicted molar refractivity (Wildman–Crippen MR) is 113 cm³/mol. The van der Waals surface area contributed by atoms with Gasteiger partial charge in [-0.2, -0.15) is 0 Å². The maximum Gasteiger partial charge on any atom is 0.251 e. The van der Waals surface area contributed by atoms with Gasteiger partial charge in [-0.05, 0) is 53.6 Å². The molecule has 0 saturated carbocycles. The van der Waals surface area contributed by atoms with Gasteiger partial charge in [-0.1, -0.05) is 19.9 Å². The van der Waals surface area contributed by atoms with E-state index < -0.39 is 0 Å². The van der Waals surface area contributed by atoms with E-state index in [9.17, 15) is 14.4 Å². The van der Waals surface area contributed by atoms with Crippen molar-refractivity contribution in [1.29, 1.82) is 0 Å². The number of H-pyrrole nitrogens is 1. The van der Waals surface area contributed by atoms with E-state index in [2.05, 4.69) is 35.2 Å². The van der Waals surface area contributed by atoms with Gasteiger partial charge in [-0.15, -0.1) is 0 Å². The van der Waals surface area contributed by atoms with Crippen LogP contribution < -0.4 is 10.9 Å². The van der Waals surface area contributed by atoms with E-state index in [0.29, 0.717) is 30.0 Å². The van der Waals surface area contributed by atoms with Crippen LogP contribution >= 0.6 is 0 Å². The summed E-state index contributed by atoms with van der Waals surface area (Å²) in [6.07, 6.45) is 3.77. The molecule has 2 aromatic heterocycles. The quantitative estimate of drug-likeness (QED) is 0.576. The van der Waals surface area contributed by atoms with Gasteiger partial charge in [0.25, 0.3) is 5.56 Å². The zero-order chi connectivity index (χ0) is 20.8. The van der Waals surface area contributed by atoms with Crippen molar-refractivity contribution in [1.82, 2.24) is 15.3 Å². The van der Waals surface area contributed by atoms with Gasteiger partial charge in [-0.3, -0.25) is 19.4 Å². The number of fused-ring (bicyclic) bond motifs is 1. The van der Waals surface area contributed by atoms with Crippen LogP contribution in [0.3, 0.4) is 0 Å². The number of ketones is 1. The van der Waals surface area contributed by atoms with Gasteiger partial charge in [0.1, 0.15) is 0 Å². The topological polar surface area (TPSA) is 91.9 Å². The van der Waals surface area contributed by atoms with Gasteiger partial charge >= 0.3 is 0 Å². The number of carbonyl (C=O) groups excluding carboxylic acids is 2. The van der Waals surface area contributed by atoms with Gasteiger partial charge < -0.3 is 10.3 Å². The molecule has 1 aromatic carbocycles. The Balaban J connectivity index is 1.54. The number of rotatable bonds is 8. The molecular weight excluding hydrogens is 366 g/mol. The van der Waals surface area contributed by atoms with E-state index in [4.69, 9.17) is 0 Å². The summed E-state index contributed by atoms with van der Waals surface area (Å²) in [6, 6.07) is 11.3. The van der Waals surface area contributed by atoms with Crippen LogP contribution in [0.2, 0.25) is 0 Å². The lowest BCUT2D eigenvalue weighted by atomic mass is 10.0. The Morgan fingerprint density at radius 1 is 1.14 bits per heavy atom. The maximum atomic E-state index is 12.3. The molecule has 0 aliphatic carbocycles. The molecule has 0 unspecified atom stereocenters. The molecule has 2 heterocycles. The predicted octanol–water partition coefficient (Wildman–Crippen LogP) is 3.37. The van der Waals surface area contributed by atoms with Crippen molar-refractivity contribution in [3.05, 3.63) is 75.8 Å². The summed E-state index contributed by atoms with van der Waals surface area (Å²) in [5, 5.41) is 3.77. The smallest absolute Gasteiger partial charge is 0.251 e. The van der Waals surface area contributed by atoms with Crippen LogP contribution in [0.4, 0.5) is 0 Å². The zero-order valence-corrected chi connectivity index (χ0v) is 16.7. The van der Waals surface area contributed by atoms with Crippen LogP contribution in [0.1, 0.15) is 54.1 Å². The van der Waals surface area contributed by atoms with E-state index in [-0.39, 0.29) is 30.1 Å². The Labute approximate surface area is 169 Å². The molecule has 6 heteroatoms. The van der Waals surface area contributed by atoms with Crippen LogP contribution in [-0.2, 0) is 11.2 Å². The number of carbonyl (C=O) groups is 2. The second-order valence-electron chi connectivity index (χ2n) is 7.39. The molecule has 150 valence electrons. The first-order valence-electron chi connectivity index (χ1n) is 9.80. The molecule has 0 aliphatic rings. The molecule has 6 nitrogen and oxygen atoms in total. The van der Waals surface area contributed by atoms with Gasteiger partial charge in [0.15, 0.2) is 5.78 Å². The van der Waals surface area contributed by atoms with Crippen molar-refractivity contribution in [3.63, 3.8) is 0 Å². The molecule has 1 amide bonds. The summed E-state index contributed by atoms with van der Waals surface area (Å²) >= 11 is 0. The van der Waals surface area contributed by atoms with Crippen molar-refractivity contribution in [2.24, 2.45) is 0 Å². The molecule has 0 radical (unpaired) electrons. The van der Waals surface area contributed by atoms with Crippen molar-refractivity contribution in [2.45, 2.75) is 39.0 Å². The molecule has 3 aromatic rings. The number of amides is 1. The third-order valence-electron chi connectivity index (χ3n) is 4.89. The fourth-order valence-electron chi connectivity index (χ4n) is 3.14. The molecule has 0 aliphatic heterocycles. The number of aromatic amines is 1. The van der Waals surface area contributed by atoms with E-state index in [1.807, 2.05) is 18.2 Å². The fourth-order valence-corrected chi connectivity index (χ4v) is 3.14. The number of hydrogen-bond acceptors (Lipinski definition) is 4. The van der Waals surface area contributed by atoms with E-state index in [1.165, 1.54) is 11.8 Å². The monoisotopic (exact) mass is 391 g/mol. The summed E-state index contributed by atoms with van der Waals surface area (Å²) in [6.45, 7) is 4.60. The number of nitrogens with one attached hydrogen (secondary N) is 2. The van der Waals surface area contributed by atoms with Gasteiger partial charge in [0.2, 0.25) is 5.91 Å². The molecule has 2 N–H and O–H groups in total. The number of hydrogen-bond donors (Lipinski definition) is 2. The average molecular weight is 391 g/mol. The summed E-state index contributed by atoms with van der Waals surface area (Å²) < 4.78 is 0. The Morgan fingerprint density at radius 3 is 2.69 bits per heavy atom. The van der Waals surface area contributed by atoms with Crippen molar-refractivity contribution in [3.8, 4) is 0 Å². The van der Waals surface area contributed by atoms with Crippen LogP contribution in [0.25, 0.3) is 10.9 Å². The number of Topliss-reactive ketones (excluding diaryl/α,β-unsaturated/α-hetero) is 1. The number of pyridine rings is 2. The van der Waals surface area contributed by atoms with Crippen molar-refractivity contribution >= 4 is 22.6 Å². The Kier molecular flexibility index (Phi) is 6.54. The number of nitrogens with zero attached hydrogens (tertiary/aromatic N) is 1. The summed E-state index contributed by atoms with van der Waals surface area (Å²) in [5.74, 6) is 0.0881. The van der Waals surface area contributed by atoms with Crippen molar-refractivity contribution < 1.29 is 9.59 Å². The average Bonchev–Trinajstić information content (AvgIpc) is 2.72. The Bertz CT molecular complexity index is 1070. The van der Waals surface area contributed by atoms with E-state index >= 15 is 0 Å². The van der Waals surface area contributed by atoms with Crippen LogP contribution in [-0.4, -0.2) is 28.2 Å². The molecule has 0 bridgehead atoms. The lowest BCUT2D eigenvalue weighted by Gasteiger charge is -2.09. The third kappa shape index (κ3) is 5.38. The SMILES string of the molecule is CC(C)c1ccc2[nH]c(=O)c(CCNC(=O)CCC(=O)c3cccnc3)cc2c1. The Hall–Kier alpha value is -3.28. The third-order valence-corrected chi connectivity index (χ3v) is 4.89. The van der Waals surface area contributed by atoms with Gasteiger partial charge in [0.05, 0.1) is 0 Å². The molecule has 29 heavy (non-hydrogen) atoms. The molecule has 0 spiro atoms. The zero-order valence-electron chi connectivity index (χ0n) is 16.7. The summed E-state index contributed by atoms with van der Waals surface area (Å²) in [5.41, 5.74) is 3.01. The minimum atomic E-state index is -0.207. The fraction of sp³-hybridized carbons (Fsp3) is 0.304. The van der Waals surface area contributed by atoms with Gasteiger partial charge in [-0.25, -0.2) is 0 Å². The largest absolute Gasteiger partial charge is 0.356 e. The molecular formula is C23H25N3O3. The lowest BCUT2D eigenvalue weighted by Crippen LogP contribution is -2.27. The van der Waals surface area contributed by atoms with Gasteiger partial charge in [0, 0.05) is 48.4 Å². The molecule has 0 atom stereocenters. The standard InChI is InChI=1S/C23H25N3O3/c1-15(2)16-5-6-20-19(12-16)13-17(23(29)26-20)9-11-25-22(28)8-7-21(27)18-4-3-10-24-14-18/h3-6,10,12-15H,7-9,11H2,1-2H3,(H,25,28)(H,26,29). The van der Waals surface area contributed by atoms with Crippen LogP contribution in [0, 0.1) is 0 Å². The Morgan fingerprint density at radius 2 is 1.97 bits per heavy atom. The highest BCUT2D eigenvalue weighted by atomic mass is 16.2. The van der Waals surface area contributed by atoms with Crippen LogP contribution in [0.5, 0.6) is 0 Å². The minimum Gasteiger partial charge on any atom is -0.356 e. The number of benzene rings is 1. The summed E-state index contributed by atoms with van der Waals surface area (Å²) in [4.78, 5) is 43.1. The highest BCUT2D eigenvalue weighted by Crippen LogP contribution is 2.20.